The molecule has 0 radical (unpaired) electrons. The number of sulfone groups is 1. The third-order valence-electron chi connectivity index (χ3n) is 4.98. The Morgan fingerprint density at radius 3 is 2.59 bits per heavy atom. The number of carbonyl (C=O) groups excluding carboxylic acids is 1. The molecular weight excluding hydrogens is 452 g/mol. The lowest BCUT2D eigenvalue weighted by atomic mass is 10.2. The van der Waals surface area contributed by atoms with Gasteiger partial charge in [-0.2, -0.15) is 9.78 Å². The summed E-state index contributed by atoms with van der Waals surface area (Å²) in [5.41, 5.74) is 1.78. The maximum Gasteiger partial charge on any atom is 0.256 e. The van der Waals surface area contributed by atoms with Crippen LogP contribution in [0.5, 0.6) is 11.5 Å². The molecule has 11 heteroatoms. The molecule has 0 saturated carbocycles. The zero-order chi connectivity index (χ0) is 22.5. The molecule has 32 heavy (non-hydrogen) atoms. The Morgan fingerprint density at radius 2 is 1.88 bits per heavy atom. The lowest BCUT2D eigenvalue weighted by molar-refractivity contribution is 0.102. The Kier molecular flexibility index (Phi) is 4.86. The van der Waals surface area contributed by atoms with Crippen molar-refractivity contribution in [2.45, 2.75) is 18.7 Å². The molecule has 2 aromatic carbocycles. The Morgan fingerprint density at radius 1 is 1.16 bits per heavy atom. The van der Waals surface area contributed by atoms with E-state index < -0.39 is 9.84 Å². The van der Waals surface area contributed by atoms with Crippen LogP contribution in [0.2, 0.25) is 0 Å². The number of nitrogens with one attached hydrogen (secondary N) is 1. The molecule has 0 spiro atoms. The van der Waals surface area contributed by atoms with Gasteiger partial charge in [-0.1, -0.05) is 18.3 Å². The number of aromatic nitrogens is 3. The Hall–Kier alpha value is -3.44. The number of nitrogens with zero attached hydrogens (tertiary/aromatic N) is 3. The molecule has 0 aliphatic carbocycles. The Labute approximate surface area is 187 Å². The highest BCUT2D eigenvalue weighted by atomic mass is 32.2. The molecule has 164 valence electrons. The number of rotatable bonds is 5. The Bertz CT molecular complexity index is 1410. The third kappa shape index (κ3) is 3.59. The fourth-order valence-corrected chi connectivity index (χ4v) is 5.13. The van der Waals surface area contributed by atoms with Gasteiger partial charge in [-0.05, 0) is 31.2 Å². The molecule has 5 rings (SSSR count). The van der Waals surface area contributed by atoms with E-state index in [9.17, 15) is 13.2 Å². The van der Waals surface area contributed by atoms with E-state index in [4.69, 9.17) is 9.47 Å². The van der Waals surface area contributed by atoms with Crippen molar-refractivity contribution in [1.29, 1.82) is 0 Å². The maximum absolute atomic E-state index is 12.8. The summed E-state index contributed by atoms with van der Waals surface area (Å²) in [7, 11) is -3.33. The van der Waals surface area contributed by atoms with E-state index in [0.717, 1.165) is 10.2 Å². The van der Waals surface area contributed by atoms with Gasteiger partial charge in [-0.15, -0.1) is 0 Å². The number of hydrogen-bond donors (Lipinski definition) is 1. The SMILES string of the molecule is CCS(=O)(=O)c1ccc(C(=O)Nc2cc(C)nn2-c2nc3cc4c(cc3s2)OCO4)cc1. The Balaban J connectivity index is 1.44. The van der Waals surface area contributed by atoms with E-state index in [-0.39, 0.29) is 23.3 Å². The van der Waals surface area contributed by atoms with E-state index in [2.05, 4.69) is 15.4 Å². The standard InChI is InChI=1S/C21H18N4O5S2/c1-3-32(27,28)14-6-4-13(5-7-14)20(26)23-19-8-12(2)24-25(19)21-22-15-9-16-17(30-11-29-16)10-18(15)31-21/h4-10H,3,11H2,1-2H3,(H,23,26). The molecule has 4 aromatic rings. The quantitative estimate of drug-likeness (QED) is 0.474. The smallest absolute Gasteiger partial charge is 0.256 e. The normalized spacial score (nSPS) is 12.9. The molecule has 1 aliphatic heterocycles. The van der Waals surface area contributed by atoms with E-state index in [0.29, 0.717) is 33.7 Å². The van der Waals surface area contributed by atoms with Crippen LogP contribution in [-0.4, -0.2) is 41.6 Å². The number of aryl methyl sites for hydroxylation is 1. The number of ether oxygens (including phenoxy) is 2. The first-order valence-electron chi connectivity index (χ1n) is 9.75. The molecule has 0 atom stereocenters. The number of anilines is 1. The van der Waals surface area contributed by atoms with E-state index in [1.54, 1.807) is 17.7 Å². The van der Waals surface area contributed by atoms with Crippen LogP contribution >= 0.6 is 11.3 Å². The number of benzene rings is 2. The molecule has 0 saturated heterocycles. The minimum absolute atomic E-state index is 0.000405. The van der Waals surface area contributed by atoms with Crippen molar-refractivity contribution in [2.24, 2.45) is 0 Å². The molecule has 1 N–H and O–H groups in total. The van der Waals surface area contributed by atoms with E-state index >= 15 is 0 Å². The van der Waals surface area contributed by atoms with Crippen LogP contribution in [-0.2, 0) is 9.84 Å². The highest BCUT2D eigenvalue weighted by Gasteiger charge is 2.20. The van der Waals surface area contributed by atoms with E-state index in [1.807, 2.05) is 19.1 Å². The largest absolute Gasteiger partial charge is 0.454 e. The van der Waals surface area contributed by atoms with Crippen LogP contribution in [0.15, 0.2) is 47.4 Å². The minimum atomic E-state index is -3.33. The summed E-state index contributed by atoms with van der Waals surface area (Å²) in [6.45, 7) is 3.59. The van der Waals surface area contributed by atoms with Gasteiger partial charge in [0.2, 0.25) is 11.9 Å². The first kappa shape index (κ1) is 20.5. The van der Waals surface area contributed by atoms with Gasteiger partial charge < -0.3 is 14.8 Å². The molecule has 3 heterocycles. The van der Waals surface area contributed by atoms with E-state index in [1.165, 1.54) is 35.6 Å². The van der Waals surface area contributed by atoms with Crippen molar-refractivity contribution in [1.82, 2.24) is 14.8 Å². The summed E-state index contributed by atoms with van der Waals surface area (Å²) < 4.78 is 37.3. The van der Waals surface area contributed by atoms with Gasteiger partial charge in [0.15, 0.2) is 21.3 Å². The van der Waals surface area contributed by atoms with Crippen molar-refractivity contribution in [3.63, 3.8) is 0 Å². The van der Waals surface area contributed by atoms with Crippen molar-refractivity contribution < 1.29 is 22.7 Å². The molecule has 2 aromatic heterocycles. The minimum Gasteiger partial charge on any atom is -0.454 e. The monoisotopic (exact) mass is 470 g/mol. The predicted octanol–water partition coefficient (Wildman–Crippen LogP) is 3.57. The molecule has 1 aliphatic rings. The zero-order valence-corrected chi connectivity index (χ0v) is 18.8. The summed E-state index contributed by atoms with van der Waals surface area (Å²) >= 11 is 1.41. The molecule has 0 fully saturated rings. The van der Waals surface area contributed by atoms with Crippen molar-refractivity contribution >= 4 is 43.1 Å². The summed E-state index contributed by atoms with van der Waals surface area (Å²) in [6, 6.07) is 11.3. The molecule has 9 nitrogen and oxygen atoms in total. The fourth-order valence-electron chi connectivity index (χ4n) is 3.30. The lowest BCUT2D eigenvalue weighted by Crippen LogP contribution is -2.15. The lowest BCUT2D eigenvalue weighted by Gasteiger charge is -2.07. The van der Waals surface area contributed by atoms with Gasteiger partial charge in [0, 0.05) is 23.8 Å². The maximum atomic E-state index is 12.8. The molecule has 1 amide bonds. The molecule has 0 bridgehead atoms. The van der Waals surface area contributed by atoms with Gasteiger partial charge in [0.05, 0.1) is 26.6 Å². The van der Waals surface area contributed by atoms with Crippen LogP contribution in [0, 0.1) is 6.92 Å². The summed E-state index contributed by atoms with van der Waals surface area (Å²) in [5, 5.41) is 7.88. The van der Waals surface area contributed by atoms with Gasteiger partial charge in [-0.25, -0.2) is 13.4 Å². The third-order valence-corrected chi connectivity index (χ3v) is 7.73. The first-order chi connectivity index (χ1) is 15.3. The van der Waals surface area contributed by atoms with Crippen molar-refractivity contribution in [3.05, 3.63) is 53.7 Å². The van der Waals surface area contributed by atoms with Gasteiger partial charge >= 0.3 is 0 Å². The summed E-state index contributed by atoms with van der Waals surface area (Å²) in [6.07, 6.45) is 0. The second-order valence-electron chi connectivity index (χ2n) is 7.13. The average molecular weight is 471 g/mol. The van der Waals surface area contributed by atoms with Crippen molar-refractivity contribution in [3.8, 4) is 16.6 Å². The average Bonchev–Trinajstić information content (AvgIpc) is 3.49. The first-order valence-corrected chi connectivity index (χ1v) is 12.2. The van der Waals surface area contributed by atoms with Gasteiger partial charge in [0.1, 0.15) is 5.82 Å². The number of fused-ring (bicyclic) bond motifs is 2. The zero-order valence-electron chi connectivity index (χ0n) is 17.2. The highest BCUT2D eigenvalue weighted by molar-refractivity contribution is 7.91. The molecular formula is C21H18N4O5S2. The second kappa shape index (κ2) is 7.61. The van der Waals surface area contributed by atoms with Crippen LogP contribution in [0.4, 0.5) is 5.82 Å². The van der Waals surface area contributed by atoms with Gasteiger partial charge in [0.25, 0.3) is 5.91 Å². The fraction of sp³-hybridized carbons (Fsp3) is 0.190. The van der Waals surface area contributed by atoms with Crippen LogP contribution in [0.3, 0.4) is 0 Å². The number of thiazole rings is 1. The van der Waals surface area contributed by atoms with Crippen LogP contribution < -0.4 is 14.8 Å². The predicted molar refractivity (Wildman–Crippen MR) is 120 cm³/mol. The van der Waals surface area contributed by atoms with Crippen molar-refractivity contribution in [2.75, 3.05) is 17.9 Å². The number of carbonyl (C=O) groups is 1. The summed E-state index contributed by atoms with van der Waals surface area (Å²) in [5.74, 6) is 1.39. The highest BCUT2D eigenvalue weighted by Crippen LogP contribution is 2.39. The van der Waals surface area contributed by atoms with Crippen LogP contribution in [0.25, 0.3) is 15.3 Å². The van der Waals surface area contributed by atoms with Crippen LogP contribution in [0.1, 0.15) is 23.0 Å². The van der Waals surface area contributed by atoms with Gasteiger partial charge in [-0.3, -0.25) is 4.79 Å². The summed E-state index contributed by atoms with van der Waals surface area (Å²) in [4.78, 5) is 17.6. The topological polar surface area (TPSA) is 112 Å². The second-order valence-corrected chi connectivity index (χ2v) is 10.4. The number of hydrogen-bond acceptors (Lipinski definition) is 8. The number of amides is 1. The molecule has 0 unspecified atom stereocenters.